The maximum atomic E-state index is 11.3. The minimum Gasteiger partial charge on any atom is -0.385 e. The summed E-state index contributed by atoms with van der Waals surface area (Å²) in [4.78, 5) is 11.3. The molecule has 2 N–H and O–H groups in total. The van der Waals surface area contributed by atoms with Crippen LogP contribution < -0.4 is 11.0 Å². The van der Waals surface area contributed by atoms with E-state index in [1.807, 2.05) is 37.3 Å². The molecule has 0 saturated carbocycles. The Bertz CT molecular complexity index is 515. The molecule has 0 fully saturated rings. The van der Waals surface area contributed by atoms with Gasteiger partial charge in [-0.25, -0.2) is 9.89 Å². The summed E-state index contributed by atoms with van der Waals surface area (Å²) in [6.45, 7) is 3.34. The predicted molar refractivity (Wildman–Crippen MR) is 67.2 cm³/mol. The van der Waals surface area contributed by atoms with Gasteiger partial charge in [0.2, 0.25) is 0 Å². The van der Waals surface area contributed by atoms with E-state index in [0.717, 1.165) is 24.5 Å². The number of aromatic nitrogens is 3. The fourth-order valence-electron chi connectivity index (χ4n) is 1.74. The Morgan fingerprint density at radius 2 is 2.12 bits per heavy atom. The first kappa shape index (κ1) is 11.4. The number of nitrogens with one attached hydrogen (secondary N) is 2. The Morgan fingerprint density at radius 3 is 2.82 bits per heavy atom. The van der Waals surface area contributed by atoms with Crippen LogP contribution in [-0.4, -0.2) is 21.3 Å². The Labute approximate surface area is 99.5 Å². The fraction of sp³-hybridized carbons (Fsp3) is 0.333. The van der Waals surface area contributed by atoms with Gasteiger partial charge < -0.3 is 5.32 Å². The minimum atomic E-state index is -0.137. The van der Waals surface area contributed by atoms with Crippen molar-refractivity contribution in [2.75, 3.05) is 11.9 Å². The smallest absolute Gasteiger partial charge is 0.343 e. The molecular formula is C12H16N4O. The number of hydrogen-bond acceptors (Lipinski definition) is 3. The number of rotatable bonds is 5. The first-order valence-corrected chi connectivity index (χ1v) is 5.74. The zero-order valence-electron chi connectivity index (χ0n) is 9.81. The third-order valence-electron chi connectivity index (χ3n) is 2.61. The van der Waals surface area contributed by atoms with Crippen LogP contribution in [0.4, 0.5) is 5.69 Å². The number of hydrogen-bond donors (Lipinski definition) is 2. The van der Waals surface area contributed by atoms with E-state index < -0.39 is 0 Å². The lowest BCUT2D eigenvalue weighted by Crippen LogP contribution is -2.19. The molecule has 0 bridgehead atoms. The number of para-hydroxylation sites is 1. The SMILES string of the molecule is CCn1c(CCNc2ccccc2)n[nH]c1=O. The Balaban J connectivity index is 1.92. The summed E-state index contributed by atoms with van der Waals surface area (Å²) in [6, 6.07) is 9.97. The van der Waals surface area contributed by atoms with Crippen molar-refractivity contribution < 1.29 is 0 Å². The van der Waals surface area contributed by atoms with E-state index in [-0.39, 0.29) is 5.69 Å². The van der Waals surface area contributed by atoms with Crippen molar-refractivity contribution in [1.82, 2.24) is 14.8 Å². The normalized spacial score (nSPS) is 10.4. The lowest BCUT2D eigenvalue weighted by Gasteiger charge is -2.06. The Morgan fingerprint density at radius 1 is 1.35 bits per heavy atom. The van der Waals surface area contributed by atoms with Gasteiger partial charge in [-0.1, -0.05) is 18.2 Å². The van der Waals surface area contributed by atoms with Crippen LogP contribution in [0, 0.1) is 0 Å². The molecule has 1 aromatic heterocycles. The molecule has 0 spiro atoms. The third-order valence-corrected chi connectivity index (χ3v) is 2.61. The maximum absolute atomic E-state index is 11.3. The van der Waals surface area contributed by atoms with Crippen LogP contribution in [0.1, 0.15) is 12.7 Å². The van der Waals surface area contributed by atoms with Crippen molar-refractivity contribution in [3.05, 3.63) is 46.6 Å². The summed E-state index contributed by atoms with van der Waals surface area (Å²) >= 11 is 0. The standard InChI is InChI=1S/C12H16N4O/c1-2-16-11(14-15-12(16)17)8-9-13-10-6-4-3-5-7-10/h3-7,13H,2,8-9H2,1H3,(H,15,17). The second-order valence-corrected chi connectivity index (χ2v) is 3.73. The molecule has 0 radical (unpaired) electrons. The Hall–Kier alpha value is -2.04. The monoisotopic (exact) mass is 232 g/mol. The van der Waals surface area contributed by atoms with Crippen LogP contribution in [0.25, 0.3) is 0 Å². The summed E-state index contributed by atoms with van der Waals surface area (Å²) in [6.07, 6.45) is 0.724. The number of benzene rings is 1. The molecule has 0 unspecified atom stereocenters. The van der Waals surface area contributed by atoms with E-state index in [1.165, 1.54) is 0 Å². The van der Waals surface area contributed by atoms with Gasteiger partial charge in [0, 0.05) is 25.2 Å². The van der Waals surface area contributed by atoms with E-state index in [1.54, 1.807) is 4.57 Å². The average Bonchev–Trinajstić information content (AvgIpc) is 2.71. The Kier molecular flexibility index (Phi) is 3.59. The van der Waals surface area contributed by atoms with Crippen molar-refractivity contribution >= 4 is 5.69 Å². The van der Waals surface area contributed by atoms with Crippen molar-refractivity contribution in [1.29, 1.82) is 0 Å². The van der Waals surface area contributed by atoms with Crippen molar-refractivity contribution in [3.63, 3.8) is 0 Å². The second kappa shape index (κ2) is 5.34. The van der Waals surface area contributed by atoms with Gasteiger partial charge in [0.25, 0.3) is 0 Å². The van der Waals surface area contributed by atoms with Crippen molar-refractivity contribution in [2.45, 2.75) is 19.9 Å². The van der Waals surface area contributed by atoms with E-state index >= 15 is 0 Å². The zero-order valence-corrected chi connectivity index (χ0v) is 9.81. The van der Waals surface area contributed by atoms with Crippen molar-refractivity contribution in [2.24, 2.45) is 0 Å². The second-order valence-electron chi connectivity index (χ2n) is 3.73. The van der Waals surface area contributed by atoms with Gasteiger partial charge in [-0.3, -0.25) is 4.57 Å². The number of nitrogens with zero attached hydrogens (tertiary/aromatic N) is 2. The van der Waals surface area contributed by atoms with Crippen LogP contribution in [0.3, 0.4) is 0 Å². The quantitative estimate of drug-likeness (QED) is 0.815. The molecule has 17 heavy (non-hydrogen) atoms. The van der Waals surface area contributed by atoms with Crippen molar-refractivity contribution in [3.8, 4) is 0 Å². The molecule has 1 aromatic carbocycles. The summed E-state index contributed by atoms with van der Waals surface area (Å²) in [7, 11) is 0. The van der Waals surface area contributed by atoms with Gasteiger partial charge in [0.1, 0.15) is 5.82 Å². The molecule has 0 aliphatic carbocycles. The molecule has 0 aliphatic heterocycles. The molecule has 0 saturated heterocycles. The van der Waals surface area contributed by atoms with Gasteiger partial charge in [-0.2, -0.15) is 5.10 Å². The first-order valence-electron chi connectivity index (χ1n) is 5.74. The summed E-state index contributed by atoms with van der Waals surface area (Å²) < 4.78 is 1.65. The first-order chi connectivity index (χ1) is 8.31. The molecule has 1 heterocycles. The highest BCUT2D eigenvalue weighted by molar-refractivity contribution is 5.42. The van der Waals surface area contributed by atoms with Gasteiger partial charge in [0.05, 0.1) is 0 Å². The molecule has 0 atom stereocenters. The topological polar surface area (TPSA) is 62.7 Å². The van der Waals surface area contributed by atoms with Crippen LogP contribution >= 0.6 is 0 Å². The highest BCUT2D eigenvalue weighted by Gasteiger charge is 2.05. The zero-order chi connectivity index (χ0) is 12.1. The van der Waals surface area contributed by atoms with Gasteiger partial charge in [-0.15, -0.1) is 0 Å². The molecule has 5 nitrogen and oxygen atoms in total. The molecule has 90 valence electrons. The highest BCUT2D eigenvalue weighted by atomic mass is 16.1. The molecule has 2 rings (SSSR count). The molecular weight excluding hydrogens is 216 g/mol. The van der Waals surface area contributed by atoms with Gasteiger partial charge in [0.15, 0.2) is 0 Å². The van der Waals surface area contributed by atoms with E-state index in [9.17, 15) is 4.79 Å². The number of H-pyrrole nitrogens is 1. The lowest BCUT2D eigenvalue weighted by atomic mass is 10.3. The molecule has 0 amide bonds. The number of aromatic amines is 1. The third kappa shape index (κ3) is 2.75. The molecule has 2 aromatic rings. The van der Waals surface area contributed by atoms with Crippen LogP contribution in [0.15, 0.2) is 35.1 Å². The maximum Gasteiger partial charge on any atom is 0.343 e. The fourth-order valence-corrected chi connectivity index (χ4v) is 1.74. The van der Waals surface area contributed by atoms with E-state index in [4.69, 9.17) is 0 Å². The summed E-state index contributed by atoms with van der Waals surface area (Å²) in [5.41, 5.74) is 0.940. The van der Waals surface area contributed by atoms with Crippen LogP contribution in [-0.2, 0) is 13.0 Å². The number of anilines is 1. The molecule has 5 heteroatoms. The predicted octanol–water partition coefficient (Wildman–Crippen LogP) is 1.25. The van der Waals surface area contributed by atoms with Gasteiger partial charge >= 0.3 is 5.69 Å². The summed E-state index contributed by atoms with van der Waals surface area (Å²) in [5.74, 6) is 0.793. The lowest BCUT2D eigenvalue weighted by molar-refractivity contribution is 0.678. The summed E-state index contributed by atoms with van der Waals surface area (Å²) in [5, 5.41) is 9.75. The van der Waals surface area contributed by atoms with Crippen LogP contribution in [0.5, 0.6) is 0 Å². The van der Waals surface area contributed by atoms with E-state index in [0.29, 0.717) is 6.54 Å². The largest absolute Gasteiger partial charge is 0.385 e. The minimum absolute atomic E-state index is 0.137. The van der Waals surface area contributed by atoms with Gasteiger partial charge in [-0.05, 0) is 19.1 Å². The van der Waals surface area contributed by atoms with Crippen LogP contribution in [0.2, 0.25) is 0 Å². The molecule has 0 aliphatic rings. The highest BCUT2D eigenvalue weighted by Crippen LogP contribution is 2.04. The van der Waals surface area contributed by atoms with E-state index in [2.05, 4.69) is 15.5 Å². The average molecular weight is 232 g/mol.